The number of para-hydroxylation sites is 1. The highest BCUT2D eigenvalue weighted by Crippen LogP contribution is 2.36. The second-order valence-electron chi connectivity index (χ2n) is 6.09. The molecule has 0 spiro atoms. The van der Waals surface area contributed by atoms with Gasteiger partial charge in [0.15, 0.2) is 11.6 Å². The number of benzene rings is 1. The first kappa shape index (κ1) is 17.0. The Bertz CT molecular complexity index is 778. The lowest BCUT2D eigenvalue weighted by atomic mass is 10.0. The molecule has 3 rings (SSSR count). The van der Waals surface area contributed by atoms with Gasteiger partial charge in [-0.15, -0.1) is 0 Å². The molecule has 6 heteroatoms. The first-order valence-electron chi connectivity index (χ1n) is 8.38. The lowest BCUT2D eigenvalue weighted by molar-refractivity contribution is -0.145. The molecule has 0 aliphatic carbocycles. The molecule has 130 valence electrons. The van der Waals surface area contributed by atoms with Crippen molar-refractivity contribution in [2.45, 2.75) is 32.3 Å². The number of ether oxygens (including phenoxy) is 1. The topological polar surface area (TPSA) is 71.5 Å². The van der Waals surface area contributed by atoms with Gasteiger partial charge in [0.2, 0.25) is 0 Å². The Hall–Kier alpha value is -2.89. The van der Waals surface area contributed by atoms with Gasteiger partial charge < -0.3 is 10.1 Å². The van der Waals surface area contributed by atoms with Crippen LogP contribution in [0.5, 0.6) is 5.75 Å². The monoisotopic (exact) mass is 339 g/mol. The minimum absolute atomic E-state index is 0.402. The summed E-state index contributed by atoms with van der Waals surface area (Å²) in [4.78, 5) is 31.7. The predicted molar refractivity (Wildman–Crippen MR) is 95.6 cm³/mol. The van der Waals surface area contributed by atoms with E-state index in [-0.39, 0.29) is 0 Å². The fraction of sp³-hybridized carbons (Fsp3) is 0.316. The molecular formula is C19H21N3O3. The Morgan fingerprint density at radius 2 is 2.00 bits per heavy atom. The van der Waals surface area contributed by atoms with Crippen molar-refractivity contribution in [2.75, 3.05) is 16.8 Å². The molecule has 1 N–H and O–H groups in total. The van der Waals surface area contributed by atoms with Crippen LogP contribution in [0.15, 0.2) is 48.7 Å². The van der Waals surface area contributed by atoms with Crippen molar-refractivity contribution >= 4 is 23.3 Å². The number of nitrogens with one attached hydrogen (secondary N) is 1. The summed E-state index contributed by atoms with van der Waals surface area (Å²) in [5.41, 5.74) is -1.03. The van der Waals surface area contributed by atoms with Crippen LogP contribution in [0.1, 0.15) is 26.7 Å². The summed E-state index contributed by atoms with van der Waals surface area (Å²) in [7, 11) is 0. The fourth-order valence-corrected chi connectivity index (χ4v) is 2.72. The number of hydrogen-bond acceptors (Lipinski definition) is 4. The van der Waals surface area contributed by atoms with Crippen molar-refractivity contribution in [1.29, 1.82) is 0 Å². The van der Waals surface area contributed by atoms with Gasteiger partial charge in [-0.1, -0.05) is 31.5 Å². The first-order valence-corrected chi connectivity index (χ1v) is 8.38. The molecule has 0 radical (unpaired) electrons. The number of carbonyl (C=O) groups excluding carboxylic acids is 2. The predicted octanol–water partition coefficient (Wildman–Crippen LogP) is 3.00. The van der Waals surface area contributed by atoms with E-state index in [9.17, 15) is 9.59 Å². The highest BCUT2D eigenvalue weighted by molar-refractivity contribution is 6.19. The van der Waals surface area contributed by atoms with E-state index in [4.69, 9.17) is 4.74 Å². The Morgan fingerprint density at radius 3 is 2.72 bits per heavy atom. The van der Waals surface area contributed by atoms with E-state index in [2.05, 4.69) is 10.3 Å². The number of carbonyl (C=O) groups is 2. The maximum Gasteiger partial charge on any atom is 0.282 e. The van der Waals surface area contributed by atoms with Gasteiger partial charge in [0.25, 0.3) is 17.4 Å². The minimum Gasteiger partial charge on any atom is -0.464 e. The molecule has 0 saturated carbocycles. The maximum atomic E-state index is 13.0. The summed E-state index contributed by atoms with van der Waals surface area (Å²) in [5, 5.41) is 2.76. The number of rotatable bonds is 5. The van der Waals surface area contributed by atoms with Gasteiger partial charge >= 0.3 is 0 Å². The average molecular weight is 339 g/mol. The molecule has 1 aliphatic heterocycles. The van der Waals surface area contributed by atoms with E-state index in [0.717, 1.165) is 12.8 Å². The maximum absolute atomic E-state index is 13.0. The molecule has 1 aromatic heterocycles. The van der Waals surface area contributed by atoms with Crippen molar-refractivity contribution in [3.05, 3.63) is 48.7 Å². The van der Waals surface area contributed by atoms with E-state index in [1.165, 1.54) is 6.92 Å². The number of fused-ring (bicyclic) bond motifs is 1. The van der Waals surface area contributed by atoms with Gasteiger partial charge in [0.05, 0.1) is 0 Å². The highest BCUT2D eigenvalue weighted by Gasteiger charge is 2.51. The molecule has 1 unspecified atom stereocenters. The largest absolute Gasteiger partial charge is 0.464 e. The molecule has 2 aromatic rings. The smallest absolute Gasteiger partial charge is 0.282 e. The van der Waals surface area contributed by atoms with Gasteiger partial charge in [-0.05, 0) is 37.6 Å². The number of nitrogens with zero attached hydrogens (tertiary/aromatic N) is 2. The number of pyridine rings is 1. The Kier molecular flexibility index (Phi) is 4.70. The zero-order chi connectivity index (χ0) is 17.9. The molecule has 6 nitrogen and oxygen atoms in total. The third kappa shape index (κ3) is 3.20. The van der Waals surface area contributed by atoms with Crippen molar-refractivity contribution in [3.8, 4) is 5.75 Å². The molecule has 25 heavy (non-hydrogen) atoms. The lowest BCUT2D eigenvalue weighted by Crippen LogP contribution is -2.61. The molecule has 2 heterocycles. The number of anilines is 2. The van der Waals surface area contributed by atoms with Crippen molar-refractivity contribution in [1.82, 2.24) is 4.98 Å². The molecule has 0 fully saturated rings. The Morgan fingerprint density at radius 1 is 1.24 bits per heavy atom. The number of amides is 2. The second-order valence-corrected chi connectivity index (χ2v) is 6.09. The third-order valence-electron chi connectivity index (χ3n) is 4.17. The van der Waals surface area contributed by atoms with Crippen LogP contribution in [0, 0.1) is 0 Å². The molecule has 0 saturated heterocycles. The van der Waals surface area contributed by atoms with Crippen molar-refractivity contribution in [3.63, 3.8) is 0 Å². The summed E-state index contributed by atoms with van der Waals surface area (Å²) in [6.07, 6.45) is 3.36. The van der Waals surface area contributed by atoms with Crippen LogP contribution >= 0.6 is 0 Å². The van der Waals surface area contributed by atoms with Gasteiger partial charge in [-0.25, -0.2) is 4.98 Å². The van der Waals surface area contributed by atoms with Crippen LogP contribution in [0.25, 0.3) is 0 Å². The summed E-state index contributed by atoms with van der Waals surface area (Å²) >= 11 is 0. The zero-order valence-corrected chi connectivity index (χ0v) is 14.4. The van der Waals surface area contributed by atoms with Crippen LogP contribution in [-0.4, -0.2) is 28.9 Å². The number of aromatic nitrogens is 1. The van der Waals surface area contributed by atoms with Gasteiger partial charge in [-0.2, -0.15) is 0 Å². The molecule has 0 bridgehead atoms. The average Bonchev–Trinajstić information content (AvgIpc) is 2.63. The van der Waals surface area contributed by atoms with Crippen LogP contribution < -0.4 is 15.0 Å². The fourth-order valence-electron chi connectivity index (χ4n) is 2.72. The lowest BCUT2D eigenvalue weighted by Gasteiger charge is -2.38. The Labute approximate surface area is 146 Å². The molecule has 1 aromatic carbocycles. The van der Waals surface area contributed by atoms with E-state index < -0.39 is 17.4 Å². The molecule has 1 atom stereocenters. The van der Waals surface area contributed by atoms with Crippen LogP contribution in [-0.2, 0) is 9.59 Å². The van der Waals surface area contributed by atoms with Gasteiger partial charge in [-0.3, -0.25) is 14.5 Å². The molecular weight excluding hydrogens is 318 g/mol. The number of unbranched alkanes of at least 4 members (excludes halogenated alkanes) is 1. The standard InChI is InChI=1S/C19H21N3O3/c1-3-4-13-22-16-15(11-8-12-20-16)25-19(2,18(22)24)17(23)21-14-9-6-5-7-10-14/h5-12H,3-4,13H2,1-2H3,(H,21,23). The van der Waals surface area contributed by atoms with Crippen LogP contribution in [0.2, 0.25) is 0 Å². The number of hydrogen-bond donors (Lipinski definition) is 1. The Balaban J connectivity index is 1.92. The quantitative estimate of drug-likeness (QED) is 0.850. The van der Waals surface area contributed by atoms with Crippen molar-refractivity contribution in [2.24, 2.45) is 0 Å². The van der Waals surface area contributed by atoms with Gasteiger partial charge in [0, 0.05) is 18.4 Å². The summed E-state index contributed by atoms with van der Waals surface area (Å²) in [5.74, 6) is -0.00451. The van der Waals surface area contributed by atoms with E-state index >= 15 is 0 Å². The summed E-state index contributed by atoms with van der Waals surface area (Å²) < 4.78 is 5.81. The molecule has 2 amide bonds. The summed E-state index contributed by atoms with van der Waals surface area (Å²) in [6, 6.07) is 12.5. The SMILES string of the molecule is CCCCN1C(=O)C(C)(C(=O)Nc2ccccc2)Oc2cccnc21. The van der Waals surface area contributed by atoms with Crippen molar-refractivity contribution < 1.29 is 14.3 Å². The van der Waals surface area contributed by atoms with Gasteiger partial charge in [0.1, 0.15) is 0 Å². The molecule has 1 aliphatic rings. The van der Waals surface area contributed by atoms with Crippen LogP contribution in [0.4, 0.5) is 11.5 Å². The second kappa shape index (κ2) is 6.93. The highest BCUT2D eigenvalue weighted by atomic mass is 16.5. The third-order valence-corrected chi connectivity index (χ3v) is 4.17. The van der Waals surface area contributed by atoms with E-state index in [1.54, 1.807) is 35.4 Å². The van der Waals surface area contributed by atoms with Crippen LogP contribution in [0.3, 0.4) is 0 Å². The minimum atomic E-state index is -1.64. The van der Waals surface area contributed by atoms with E-state index in [0.29, 0.717) is 23.8 Å². The summed E-state index contributed by atoms with van der Waals surface area (Å²) in [6.45, 7) is 4.05. The normalized spacial score (nSPS) is 19.1. The zero-order valence-electron chi connectivity index (χ0n) is 14.4. The first-order chi connectivity index (χ1) is 12.1. The van der Waals surface area contributed by atoms with E-state index in [1.807, 2.05) is 25.1 Å².